The van der Waals surface area contributed by atoms with Crippen molar-refractivity contribution in [2.24, 2.45) is 5.92 Å². The minimum Gasteiger partial charge on any atom is -0.479 e. The lowest BCUT2D eigenvalue weighted by Gasteiger charge is -2.28. The molecule has 0 aromatic carbocycles. The number of aromatic nitrogens is 1. The second-order valence-electron chi connectivity index (χ2n) is 5.09. The lowest BCUT2D eigenvalue weighted by atomic mass is 10.3. The fourth-order valence-corrected chi connectivity index (χ4v) is 2.23. The number of hydrogen-bond donors (Lipinski definition) is 1. The Morgan fingerprint density at radius 1 is 1.40 bits per heavy atom. The number of morpholine rings is 1. The van der Waals surface area contributed by atoms with Crippen molar-refractivity contribution in [2.75, 3.05) is 43.6 Å². The van der Waals surface area contributed by atoms with Crippen molar-refractivity contribution in [2.45, 2.75) is 12.8 Å². The lowest BCUT2D eigenvalue weighted by molar-refractivity contribution is -0.117. The molecule has 1 amide bonds. The highest BCUT2D eigenvalue weighted by atomic mass is 16.5. The molecule has 108 valence electrons. The molecule has 0 spiro atoms. The van der Waals surface area contributed by atoms with Crippen LogP contribution in [0.5, 0.6) is 5.88 Å². The van der Waals surface area contributed by atoms with Gasteiger partial charge in [-0.3, -0.25) is 4.79 Å². The number of hydrogen-bond acceptors (Lipinski definition) is 5. The molecule has 2 fully saturated rings. The maximum atomic E-state index is 11.8. The average Bonchev–Trinajstić information content (AvgIpc) is 3.33. The number of pyridine rings is 1. The molecule has 1 N–H and O–H groups in total. The number of anilines is 2. The molecular weight excluding hydrogens is 258 g/mol. The molecule has 20 heavy (non-hydrogen) atoms. The van der Waals surface area contributed by atoms with Gasteiger partial charge in [-0.05, 0) is 25.0 Å². The van der Waals surface area contributed by atoms with Crippen molar-refractivity contribution in [3.8, 4) is 5.88 Å². The zero-order valence-electron chi connectivity index (χ0n) is 11.6. The largest absolute Gasteiger partial charge is 0.479 e. The maximum absolute atomic E-state index is 11.8. The molecule has 0 radical (unpaired) electrons. The molecule has 0 atom stereocenters. The van der Waals surface area contributed by atoms with E-state index in [4.69, 9.17) is 9.47 Å². The number of ether oxygens (including phenoxy) is 2. The van der Waals surface area contributed by atoms with Gasteiger partial charge in [-0.15, -0.1) is 0 Å². The van der Waals surface area contributed by atoms with Gasteiger partial charge in [0.1, 0.15) is 11.5 Å². The highest BCUT2D eigenvalue weighted by Crippen LogP contribution is 2.32. The average molecular weight is 277 g/mol. The van der Waals surface area contributed by atoms with Crippen LogP contribution in [0, 0.1) is 5.92 Å². The minimum absolute atomic E-state index is 0.0595. The van der Waals surface area contributed by atoms with E-state index in [1.165, 1.54) is 0 Å². The summed E-state index contributed by atoms with van der Waals surface area (Å²) in [7, 11) is 1.57. The molecule has 1 aromatic rings. The molecule has 6 heteroatoms. The number of nitrogens with zero attached hydrogens (tertiary/aromatic N) is 2. The predicted molar refractivity (Wildman–Crippen MR) is 75.2 cm³/mol. The van der Waals surface area contributed by atoms with Gasteiger partial charge in [0, 0.05) is 19.0 Å². The SMILES string of the molecule is COc1nc(N2CCOCC2)ccc1NC(=O)C1CC1. The summed E-state index contributed by atoms with van der Waals surface area (Å²) in [5, 5.41) is 2.88. The molecule has 2 heterocycles. The number of rotatable bonds is 4. The van der Waals surface area contributed by atoms with Crippen molar-refractivity contribution in [1.29, 1.82) is 0 Å². The summed E-state index contributed by atoms with van der Waals surface area (Å²) in [5.74, 6) is 1.54. The number of nitrogens with one attached hydrogen (secondary N) is 1. The van der Waals surface area contributed by atoms with Gasteiger partial charge in [-0.1, -0.05) is 0 Å². The molecule has 1 saturated carbocycles. The van der Waals surface area contributed by atoms with Crippen LogP contribution in [-0.2, 0) is 9.53 Å². The van der Waals surface area contributed by atoms with Gasteiger partial charge in [0.2, 0.25) is 11.8 Å². The van der Waals surface area contributed by atoms with Crippen molar-refractivity contribution in [1.82, 2.24) is 4.98 Å². The number of carbonyl (C=O) groups excluding carboxylic acids is 1. The van der Waals surface area contributed by atoms with Crippen LogP contribution >= 0.6 is 0 Å². The van der Waals surface area contributed by atoms with E-state index in [0.717, 1.165) is 31.7 Å². The smallest absolute Gasteiger partial charge is 0.239 e. The van der Waals surface area contributed by atoms with Gasteiger partial charge in [0.25, 0.3) is 0 Å². The molecule has 1 aromatic heterocycles. The van der Waals surface area contributed by atoms with Gasteiger partial charge in [0.15, 0.2) is 0 Å². The number of carbonyl (C=O) groups is 1. The second kappa shape index (κ2) is 5.66. The predicted octanol–water partition coefficient (Wildman–Crippen LogP) is 1.28. The van der Waals surface area contributed by atoms with Crippen LogP contribution in [0.4, 0.5) is 11.5 Å². The van der Waals surface area contributed by atoms with Gasteiger partial charge >= 0.3 is 0 Å². The Morgan fingerprint density at radius 3 is 2.80 bits per heavy atom. The Morgan fingerprint density at radius 2 is 2.15 bits per heavy atom. The molecule has 1 aliphatic heterocycles. The Balaban J connectivity index is 1.75. The van der Waals surface area contributed by atoms with E-state index in [1.807, 2.05) is 12.1 Å². The van der Waals surface area contributed by atoms with Crippen LogP contribution in [0.1, 0.15) is 12.8 Å². The molecular formula is C14H19N3O3. The van der Waals surface area contributed by atoms with E-state index >= 15 is 0 Å². The molecule has 6 nitrogen and oxygen atoms in total. The van der Waals surface area contributed by atoms with E-state index < -0.39 is 0 Å². The highest BCUT2D eigenvalue weighted by Gasteiger charge is 2.30. The topological polar surface area (TPSA) is 63.7 Å². The first kappa shape index (κ1) is 13.2. The van der Waals surface area contributed by atoms with Gasteiger partial charge in [-0.25, -0.2) is 0 Å². The third-order valence-corrected chi connectivity index (χ3v) is 3.58. The Labute approximate surface area is 118 Å². The summed E-state index contributed by atoms with van der Waals surface area (Å²) in [6, 6.07) is 3.77. The van der Waals surface area contributed by atoms with Crippen LogP contribution in [-0.4, -0.2) is 44.3 Å². The van der Waals surface area contributed by atoms with Crippen molar-refractivity contribution < 1.29 is 14.3 Å². The minimum atomic E-state index is 0.0595. The highest BCUT2D eigenvalue weighted by molar-refractivity contribution is 5.95. The standard InChI is InChI=1S/C14H19N3O3/c1-19-14-11(15-13(18)10-2-3-10)4-5-12(16-14)17-6-8-20-9-7-17/h4-5,10H,2-3,6-9H2,1H3,(H,15,18). The van der Waals surface area contributed by atoms with Gasteiger partial charge in [0.05, 0.1) is 20.3 Å². The van der Waals surface area contributed by atoms with Crippen LogP contribution in [0.15, 0.2) is 12.1 Å². The molecule has 0 unspecified atom stereocenters. The third kappa shape index (κ3) is 2.85. The van der Waals surface area contributed by atoms with Crippen LogP contribution < -0.4 is 15.0 Å². The molecule has 2 aliphatic rings. The molecule has 1 aliphatic carbocycles. The van der Waals surface area contributed by atoms with Gasteiger partial charge in [-0.2, -0.15) is 4.98 Å². The van der Waals surface area contributed by atoms with Crippen molar-refractivity contribution in [3.63, 3.8) is 0 Å². The summed E-state index contributed by atoms with van der Waals surface area (Å²) in [5.41, 5.74) is 0.640. The third-order valence-electron chi connectivity index (χ3n) is 3.58. The zero-order chi connectivity index (χ0) is 13.9. The van der Waals surface area contributed by atoms with E-state index in [2.05, 4.69) is 15.2 Å². The first-order valence-electron chi connectivity index (χ1n) is 6.96. The monoisotopic (exact) mass is 277 g/mol. The summed E-state index contributed by atoms with van der Waals surface area (Å²) < 4.78 is 10.6. The number of amides is 1. The normalized spacial score (nSPS) is 18.8. The fourth-order valence-electron chi connectivity index (χ4n) is 2.23. The Hall–Kier alpha value is -1.82. The quantitative estimate of drug-likeness (QED) is 0.898. The Bertz CT molecular complexity index is 496. The lowest BCUT2D eigenvalue weighted by Crippen LogP contribution is -2.36. The van der Waals surface area contributed by atoms with E-state index in [1.54, 1.807) is 7.11 Å². The van der Waals surface area contributed by atoms with Crippen molar-refractivity contribution in [3.05, 3.63) is 12.1 Å². The number of methoxy groups -OCH3 is 1. The van der Waals surface area contributed by atoms with E-state index in [-0.39, 0.29) is 11.8 Å². The van der Waals surface area contributed by atoms with Gasteiger partial charge < -0.3 is 19.7 Å². The van der Waals surface area contributed by atoms with Crippen molar-refractivity contribution >= 4 is 17.4 Å². The Kier molecular flexibility index (Phi) is 3.73. The molecule has 1 saturated heterocycles. The summed E-state index contributed by atoms with van der Waals surface area (Å²) in [6.07, 6.45) is 1.96. The first-order chi connectivity index (χ1) is 9.78. The maximum Gasteiger partial charge on any atom is 0.239 e. The summed E-state index contributed by atoms with van der Waals surface area (Å²) >= 11 is 0. The summed E-state index contributed by atoms with van der Waals surface area (Å²) in [6.45, 7) is 3.07. The van der Waals surface area contributed by atoms with Crippen LogP contribution in [0.2, 0.25) is 0 Å². The van der Waals surface area contributed by atoms with E-state index in [9.17, 15) is 4.79 Å². The fraction of sp³-hybridized carbons (Fsp3) is 0.571. The van der Waals surface area contributed by atoms with Crippen LogP contribution in [0.25, 0.3) is 0 Å². The molecule has 3 rings (SSSR count). The first-order valence-corrected chi connectivity index (χ1v) is 6.96. The van der Waals surface area contributed by atoms with Crippen LogP contribution in [0.3, 0.4) is 0 Å². The second-order valence-corrected chi connectivity index (χ2v) is 5.09. The molecule has 0 bridgehead atoms. The van der Waals surface area contributed by atoms with E-state index in [0.29, 0.717) is 24.8 Å². The zero-order valence-corrected chi connectivity index (χ0v) is 11.6. The summed E-state index contributed by atoms with van der Waals surface area (Å²) in [4.78, 5) is 18.4.